The topological polar surface area (TPSA) is 87.7 Å². The smallest absolute Gasteiger partial charge is 0.238 e. The van der Waals surface area contributed by atoms with Crippen LogP contribution in [0.1, 0.15) is 20.3 Å². The first kappa shape index (κ1) is 16.4. The number of halogens is 3. The molecule has 1 amide bonds. The summed E-state index contributed by atoms with van der Waals surface area (Å²) in [5.74, 6) is -2.65. The molecule has 0 aliphatic carbocycles. The molecule has 0 heterocycles. The fourth-order valence-electron chi connectivity index (χ4n) is 1.45. The molecule has 1 atom stereocenters. The van der Waals surface area contributed by atoms with Crippen molar-refractivity contribution >= 4 is 33.4 Å². The minimum absolute atomic E-state index is 0.0104. The van der Waals surface area contributed by atoms with E-state index in [1.54, 1.807) is 6.92 Å². The lowest BCUT2D eigenvalue weighted by Gasteiger charge is -2.25. The summed E-state index contributed by atoms with van der Waals surface area (Å²) in [6.07, 6.45) is 0.235. The average Bonchev–Trinajstić information content (AvgIpc) is 2.42. The van der Waals surface area contributed by atoms with Gasteiger partial charge in [0.2, 0.25) is 5.91 Å². The lowest BCUT2D eigenvalue weighted by Crippen LogP contribution is -2.44. The summed E-state index contributed by atoms with van der Waals surface area (Å²) < 4.78 is 26.7. The van der Waals surface area contributed by atoms with Crippen molar-refractivity contribution in [1.29, 1.82) is 0 Å². The van der Waals surface area contributed by atoms with Crippen LogP contribution >= 0.6 is 15.9 Å². The molecular formula is C12H14BrF2N3O2. The van der Waals surface area contributed by atoms with Gasteiger partial charge < -0.3 is 16.3 Å². The summed E-state index contributed by atoms with van der Waals surface area (Å²) in [6.45, 7) is 3.11. The number of nitrogens with zero attached hydrogens (tertiary/aromatic N) is 1. The van der Waals surface area contributed by atoms with Crippen LogP contribution in [0.25, 0.3) is 0 Å². The molecule has 0 bridgehead atoms. The molecule has 0 radical (unpaired) electrons. The maximum Gasteiger partial charge on any atom is 0.238 e. The van der Waals surface area contributed by atoms with Crippen LogP contribution in [0.15, 0.2) is 21.8 Å². The Balaban J connectivity index is 3.10. The van der Waals surface area contributed by atoms with Crippen molar-refractivity contribution in [2.24, 2.45) is 16.3 Å². The van der Waals surface area contributed by atoms with Crippen molar-refractivity contribution in [2.45, 2.75) is 20.3 Å². The molecule has 0 saturated heterocycles. The Morgan fingerprint density at radius 2 is 2.10 bits per heavy atom. The first-order chi connectivity index (χ1) is 9.26. The summed E-state index contributed by atoms with van der Waals surface area (Å²) >= 11 is 2.90. The minimum Gasteiger partial charge on any atom is -0.409 e. The fraction of sp³-hybridized carbons (Fsp3) is 0.333. The van der Waals surface area contributed by atoms with Gasteiger partial charge in [-0.1, -0.05) is 12.1 Å². The number of oxime groups is 1. The predicted molar refractivity (Wildman–Crippen MR) is 74.5 cm³/mol. The van der Waals surface area contributed by atoms with E-state index < -0.39 is 23.0 Å². The Morgan fingerprint density at radius 3 is 2.60 bits per heavy atom. The van der Waals surface area contributed by atoms with E-state index >= 15 is 0 Å². The Kier molecular flexibility index (Phi) is 5.04. The number of benzene rings is 1. The molecule has 0 aliphatic heterocycles. The number of nitrogens with two attached hydrogens (primary N) is 1. The maximum atomic E-state index is 13.6. The van der Waals surface area contributed by atoms with Crippen LogP contribution in [0.2, 0.25) is 0 Å². The zero-order valence-electron chi connectivity index (χ0n) is 10.9. The van der Waals surface area contributed by atoms with E-state index in [1.165, 1.54) is 6.92 Å². The quantitative estimate of drug-likeness (QED) is 0.257. The van der Waals surface area contributed by atoms with Crippen LogP contribution in [-0.4, -0.2) is 17.0 Å². The van der Waals surface area contributed by atoms with E-state index in [4.69, 9.17) is 10.9 Å². The third kappa shape index (κ3) is 3.06. The van der Waals surface area contributed by atoms with Crippen molar-refractivity contribution < 1.29 is 18.8 Å². The number of carbonyl (C=O) groups excluding carboxylic acids is 1. The number of carbonyl (C=O) groups is 1. The number of hydrogen-bond acceptors (Lipinski definition) is 3. The lowest BCUT2D eigenvalue weighted by atomic mass is 9.85. The Labute approximate surface area is 123 Å². The molecule has 1 rings (SSSR count). The molecule has 0 saturated carbocycles. The molecule has 1 aromatic carbocycles. The van der Waals surface area contributed by atoms with Gasteiger partial charge >= 0.3 is 0 Å². The predicted octanol–water partition coefficient (Wildman–Crippen LogP) is 2.83. The summed E-state index contributed by atoms with van der Waals surface area (Å²) in [7, 11) is 0. The highest BCUT2D eigenvalue weighted by atomic mass is 79.9. The second-order valence-electron chi connectivity index (χ2n) is 4.37. The van der Waals surface area contributed by atoms with Crippen LogP contribution in [0.4, 0.5) is 14.5 Å². The molecule has 0 aliphatic rings. The fourth-order valence-corrected chi connectivity index (χ4v) is 1.79. The van der Waals surface area contributed by atoms with E-state index in [0.717, 1.165) is 6.07 Å². The van der Waals surface area contributed by atoms with Crippen molar-refractivity contribution in [3.05, 3.63) is 28.2 Å². The van der Waals surface area contributed by atoms with Crippen LogP contribution < -0.4 is 11.1 Å². The normalized spacial score (nSPS) is 14.8. The monoisotopic (exact) mass is 349 g/mol. The maximum absolute atomic E-state index is 13.6. The molecule has 1 unspecified atom stereocenters. The summed E-state index contributed by atoms with van der Waals surface area (Å²) in [4.78, 5) is 12.2. The van der Waals surface area contributed by atoms with Gasteiger partial charge in [0.1, 0.15) is 17.0 Å². The van der Waals surface area contributed by atoms with Crippen molar-refractivity contribution in [3.8, 4) is 0 Å². The second kappa shape index (κ2) is 6.17. The summed E-state index contributed by atoms with van der Waals surface area (Å²) in [5.41, 5.74) is 3.98. The van der Waals surface area contributed by atoms with E-state index in [1.807, 2.05) is 0 Å². The molecule has 1 aromatic rings. The zero-order chi connectivity index (χ0) is 15.5. The van der Waals surface area contributed by atoms with Crippen molar-refractivity contribution in [3.63, 3.8) is 0 Å². The molecule has 8 heteroatoms. The third-order valence-corrected chi connectivity index (χ3v) is 3.75. The Bertz CT molecular complexity index is 566. The molecule has 0 fully saturated rings. The van der Waals surface area contributed by atoms with Crippen molar-refractivity contribution in [1.82, 2.24) is 0 Å². The van der Waals surface area contributed by atoms with E-state index in [2.05, 4.69) is 26.4 Å². The number of amides is 1. The van der Waals surface area contributed by atoms with Crippen LogP contribution in [0.5, 0.6) is 0 Å². The van der Waals surface area contributed by atoms with Gasteiger partial charge in [0.25, 0.3) is 0 Å². The molecule has 5 nitrogen and oxygen atoms in total. The van der Waals surface area contributed by atoms with E-state index in [0.29, 0.717) is 6.07 Å². The Hall–Kier alpha value is -1.70. The van der Waals surface area contributed by atoms with Crippen LogP contribution in [0.3, 0.4) is 0 Å². The van der Waals surface area contributed by atoms with Gasteiger partial charge in [-0.05, 0) is 35.3 Å². The molecule has 20 heavy (non-hydrogen) atoms. The number of amidine groups is 1. The number of nitrogens with one attached hydrogen (secondary N) is 1. The average molecular weight is 350 g/mol. The number of anilines is 1. The Morgan fingerprint density at radius 1 is 1.50 bits per heavy atom. The van der Waals surface area contributed by atoms with Gasteiger partial charge in [-0.3, -0.25) is 4.79 Å². The standard InChI is InChI=1S/C12H14BrF2N3O2/c1-3-12(2,10(16)18-20)11(19)17-9-4-6(13)7(14)5-8(9)15/h4-5,20H,3H2,1-2H3,(H2,16,18)(H,17,19). The molecule has 110 valence electrons. The highest BCUT2D eigenvalue weighted by molar-refractivity contribution is 9.10. The minimum atomic E-state index is -1.30. The zero-order valence-corrected chi connectivity index (χ0v) is 12.5. The molecule has 4 N–H and O–H groups in total. The summed E-state index contributed by atoms with van der Waals surface area (Å²) in [5, 5.41) is 13.8. The first-order valence-corrected chi connectivity index (χ1v) is 6.49. The van der Waals surface area contributed by atoms with Gasteiger partial charge in [-0.15, -0.1) is 0 Å². The van der Waals surface area contributed by atoms with Crippen LogP contribution in [-0.2, 0) is 4.79 Å². The lowest BCUT2D eigenvalue weighted by molar-refractivity contribution is -0.121. The molecular weight excluding hydrogens is 336 g/mol. The highest BCUT2D eigenvalue weighted by Crippen LogP contribution is 2.27. The van der Waals surface area contributed by atoms with Gasteiger partial charge in [-0.2, -0.15) is 0 Å². The second-order valence-corrected chi connectivity index (χ2v) is 5.23. The first-order valence-electron chi connectivity index (χ1n) is 5.70. The van der Waals surface area contributed by atoms with Gasteiger partial charge in [0.05, 0.1) is 10.2 Å². The summed E-state index contributed by atoms with van der Waals surface area (Å²) in [6, 6.07) is 1.75. The largest absolute Gasteiger partial charge is 0.409 e. The third-order valence-electron chi connectivity index (χ3n) is 3.14. The van der Waals surface area contributed by atoms with Crippen LogP contribution in [0, 0.1) is 17.0 Å². The van der Waals surface area contributed by atoms with E-state index in [-0.39, 0.29) is 22.4 Å². The molecule has 0 aromatic heterocycles. The van der Waals surface area contributed by atoms with E-state index in [9.17, 15) is 13.6 Å². The highest BCUT2D eigenvalue weighted by Gasteiger charge is 2.36. The number of rotatable bonds is 4. The van der Waals surface area contributed by atoms with Gasteiger partial charge in [-0.25, -0.2) is 8.78 Å². The molecule has 0 spiro atoms. The van der Waals surface area contributed by atoms with Gasteiger partial charge in [0, 0.05) is 6.07 Å². The van der Waals surface area contributed by atoms with Crippen molar-refractivity contribution in [2.75, 3.05) is 5.32 Å². The van der Waals surface area contributed by atoms with Gasteiger partial charge in [0.15, 0.2) is 5.84 Å². The SMILES string of the molecule is CCC(C)(C(=O)Nc1cc(Br)c(F)cc1F)/C(N)=N/O. The number of hydrogen-bond donors (Lipinski definition) is 3.